The molecule has 2 heterocycles. The van der Waals surface area contributed by atoms with Gasteiger partial charge in [-0.15, -0.1) is 0 Å². The number of carbonyl (C=O) groups is 3. The number of hydrogen-bond acceptors (Lipinski definition) is 5. The summed E-state index contributed by atoms with van der Waals surface area (Å²) in [5.74, 6) is -1.11. The molecule has 7 nitrogen and oxygen atoms in total. The van der Waals surface area contributed by atoms with Gasteiger partial charge in [0, 0.05) is 43.1 Å². The number of anilines is 2. The number of halogens is 1. The van der Waals surface area contributed by atoms with Crippen molar-refractivity contribution in [3.8, 4) is 0 Å². The standard InChI is InChI=1S/C29H27ClN4O3/c1-20-12-13-22(27(35)33-16-14-32(15-17-33)23-10-6-3-7-11-23)18-24(20)31-26-25(30)28(36)34(29(26)37)19-21-8-4-2-5-9-21/h2-13,18,31H,14-17,19H2,1H3. The van der Waals surface area contributed by atoms with Crippen LogP contribution in [-0.2, 0) is 16.1 Å². The van der Waals surface area contributed by atoms with Gasteiger partial charge in [0.1, 0.15) is 10.7 Å². The van der Waals surface area contributed by atoms with E-state index in [9.17, 15) is 14.4 Å². The summed E-state index contributed by atoms with van der Waals surface area (Å²) in [5.41, 5.74) is 3.89. The van der Waals surface area contributed by atoms with E-state index in [1.807, 2.05) is 66.4 Å². The summed E-state index contributed by atoms with van der Waals surface area (Å²) in [5, 5.41) is 2.88. The number of imide groups is 1. The number of rotatable bonds is 6. The van der Waals surface area contributed by atoms with Crippen LogP contribution in [0.2, 0.25) is 0 Å². The number of nitrogens with one attached hydrogen (secondary N) is 1. The first kappa shape index (κ1) is 24.6. The Hall–Kier alpha value is -4.10. The highest BCUT2D eigenvalue weighted by Gasteiger charge is 2.38. The summed E-state index contributed by atoms with van der Waals surface area (Å²) in [6, 6.07) is 24.8. The van der Waals surface area contributed by atoms with Gasteiger partial charge >= 0.3 is 0 Å². The Balaban J connectivity index is 1.28. The summed E-state index contributed by atoms with van der Waals surface area (Å²) in [6.45, 7) is 4.73. The molecule has 188 valence electrons. The fraction of sp³-hybridized carbons (Fsp3) is 0.207. The lowest BCUT2D eigenvalue weighted by molar-refractivity contribution is -0.138. The number of amides is 3. The number of nitrogens with zero attached hydrogens (tertiary/aromatic N) is 3. The van der Waals surface area contributed by atoms with Crippen LogP contribution < -0.4 is 10.2 Å². The van der Waals surface area contributed by atoms with Crippen molar-refractivity contribution >= 4 is 40.7 Å². The lowest BCUT2D eigenvalue weighted by Gasteiger charge is -2.36. The molecule has 2 aliphatic heterocycles. The summed E-state index contributed by atoms with van der Waals surface area (Å²) in [6.07, 6.45) is 0. The Kier molecular flexibility index (Phi) is 6.97. The van der Waals surface area contributed by atoms with Gasteiger partial charge in [-0.2, -0.15) is 0 Å². The van der Waals surface area contributed by atoms with Crippen molar-refractivity contribution in [3.05, 3.63) is 106 Å². The molecular weight excluding hydrogens is 488 g/mol. The molecule has 0 unspecified atom stereocenters. The molecule has 37 heavy (non-hydrogen) atoms. The molecule has 3 aromatic rings. The molecule has 2 aliphatic rings. The lowest BCUT2D eigenvalue weighted by Crippen LogP contribution is -2.48. The van der Waals surface area contributed by atoms with Crippen LogP contribution in [0.15, 0.2) is 89.6 Å². The van der Waals surface area contributed by atoms with Crippen molar-refractivity contribution in [3.63, 3.8) is 0 Å². The minimum absolute atomic E-state index is 0.0202. The van der Waals surface area contributed by atoms with Gasteiger partial charge in [-0.3, -0.25) is 19.3 Å². The first-order valence-electron chi connectivity index (χ1n) is 12.2. The highest BCUT2D eigenvalue weighted by atomic mass is 35.5. The quantitative estimate of drug-likeness (QED) is 0.494. The number of aryl methyl sites for hydroxylation is 1. The normalized spacial score (nSPS) is 16.0. The van der Waals surface area contributed by atoms with Gasteiger partial charge in [0.2, 0.25) is 0 Å². The Morgan fingerprint density at radius 1 is 0.865 bits per heavy atom. The van der Waals surface area contributed by atoms with Crippen molar-refractivity contribution in [1.82, 2.24) is 9.80 Å². The van der Waals surface area contributed by atoms with Crippen LogP contribution >= 0.6 is 11.6 Å². The fourth-order valence-corrected chi connectivity index (χ4v) is 4.81. The molecule has 0 aromatic heterocycles. The van der Waals surface area contributed by atoms with Crippen LogP contribution in [0.3, 0.4) is 0 Å². The second-order valence-corrected chi connectivity index (χ2v) is 9.52. The molecule has 1 fully saturated rings. The van der Waals surface area contributed by atoms with Crippen molar-refractivity contribution < 1.29 is 14.4 Å². The summed E-state index contributed by atoms with van der Waals surface area (Å²) in [4.78, 5) is 44.3. The van der Waals surface area contributed by atoms with E-state index in [0.717, 1.165) is 34.8 Å². The molecule has 0 aliphatic carbocycles. The molecule has 0 spiro atoms. The van der Waals surface area contributed by atoms with E-state index in [4.69, 9.17) is 11.6 Å². The van der Waals surface area contributed by atoms with E-state index in [1.165, 1.54) is 0 Å². The minimum Gasteiger partial charge on any atom is -0.368 e. The van der Waals surface area contributed by atoms with Crippen LogP contribution in [-0.4, -0.2) is 53.7 Å². The summed E-state index contributed by atoms with van der Waals surface area (Å²) in [7, 11) is 0. The molecule has 0 radical (unpaired) electrons. The third-order valence-corrected chi connectivity index (χ3v) is 7.08. The average molecular weight is 515 g/mol. The predicted molar refractivity (Wildman–Crippen MR) is 144 cm³/mol. The van der Waals surface area contributed by atoms with Crippen LogP contribution in [0, 0.1) is 6.92 Å². The predicted octanol–water partition coefficient (Wildman–Crippen LogP) is 4.39. The molecular formula is C29H27ClN4O3. The topological polar surface area (TPSA) is 73.0 Å². The van der Waals surface area contributed by atoms with Crippen molar-refractivity contribution in [2.75, 3.05) is 36.4 Å². The second-order valence-electron chi connectivity index (χ2n) is 9.14. The van der Waals surface area contributed by atoms with Crippen molar-refractivity contribution in [1.29, 1.82) is 0 Å². The van der Waals surface area contributed by atoms with Gasteiger partial charge < -0.3 is 15.1 Å². The summed E-state index contributed by atoms with van der Waals surface area (Å²) < 4.78 is 0. The zero-order valence-electron chi connectivity index (χ0n) is 20.5. The summed E-state index contributed by atoms with van der Waals surface area (Å²) >= 11 is 6.30. The molecule has 1 N–H and O–H groups in total. The van der Waals surface area contributed by atoms with Crippen LogP contribution in [0.1, 0.15) is 21.5 Å². The van der Waals surface area contributed by atoms with E-state index < -0.39 is 11.8 Å². The number of benzene rings is 3. The molecule has 0 saturated carbocycles. The molecule has 0 bridgehead atoms. The highest BCUT2D eigenvalue weighted by Crippen LogP contribution is 2.29. The van der Waals surface area contributed by atoms with Gasteiger partial charge in [0.15, 0.2) is 0 Å². The van der Waals surface area contributed by atoms with E-state index in [2.05, 4.69) is 22.3 Å². The number of piperazine rings is 1. The first-order valence-corrected chi connectivity index (χ1v) is 12.6. The van der Waals surface area contributed by atoms with Crippen molar-refractivity contribution in [2.24, 2.45) is 0 Å². The van der Waals surface area contributed by atoms with Gasteiger partial charge in [-0.05, 0) is 42.3 Å². The molecule has 3 aromatic carbocycles. The lowest BCUT2D eigenvalue weighted by atomic mass is 10.1. The second kappa shape index (κ2) is 10.5. The average Bonchev–Trinajstić information content (AvgIpc) is 3.13. The van der Waals surface area contributed by atoms with Gasteiger partial charge in [-0.25, -0.2) is 0 Å². The minimum atomic E-state index is -0.542. The highest BCUT2D eigenvalue weighted by molar-refractivity contribution is 6.48. The Morgan fingerprint density at radius 3 is 2.19 bits per heavy atom. The molecule has 0 atom stereocenters. The van der Waals surface area contributed by atoms with E-state index >= 15 is 0 Å². The van der Waals surface area contributed by atoms with Gasteiger partial charge in [0.05, 0.1) is 6.54 Å². The number of carbonyl (C=O) groups excluding carboxylic acids is 3. The maximum atomic E-state index is 13.3. The van der Waals surface area contributed by atoms with Crippen molar-refractivity contribution in [2.45, 2.75) is 13.5 Å². The molecule has 3 amide bonds. The maximum absolute atomic E-state index is 13.3. The van der Waals surface area contributed by atoms with Crippen LogP contribution in [0.25, 0.3) is 0 Å². The smallest absolute Gasteiger partial charge is 0.279 e. The molecule has 5 rings (SSSR count). The van der Waals surface area contributed by atoms with E-state index in [0.29, 0.717) is 24.3 Å². The Morgan fingerprint density at radius 2 is 1.51 bits per heavy atom. The number of hydrogen-bond donors (Lipinski definition) is 1. The van der Waals surface area contributed by atoms with E-state index in [-0.39, 0.29) is 23.2 Å². The first-order chi connectivity index (χ1) is 17.9. The Labute approximate surface area is 220 Å². The maximum Gasteiger partial charge on any atom is 0.279 e. The zero-order chi connectivity index (χ0) is 25.9. The largest absolute Gasteiger partial charge is 0.368 e. The SMILES string of the molecule is Cc1ccc(C(=O)N2CCN(c3ccccc3)CC2)cc1NC1=C(Cl)C(=O)N(Cc2ccccc2)C1=O. The fourth-order valence-electron chi connectivity index (χ4n) is 4.58. The monoisotopic (exact) mass is 514 g/mol. The van der Waals surface area contributed by atoms with Gasteiger partial charge in [-0.1, -0.05) is 66.2 Å². The third kappa shape index (κ3) is 5.08. The third-order valence-electron chi connectivity index (χ3n) is 6.73. The zero-order valence-corrected chi connectivity index (χ0v) is 21.2. The molecule has 8 heteroatoms. The van der Waals surface area contributed by atoms with Crippen LogP contribution in [0.4, 0.5) is 11.4 Å². The molecule has 1 saturated heterocycles. The Bertz CT molecular complexity index is 1370. The van der Waals surface area contributed by atoms with Crippen LogP contribution in [0.5, 0.6) is 0 Å². The van der Waals surface area contributed by atoms with Gasteiger partial charge in [0.25, 0.3) is 17.7 Å². The van der Waals surface area contributed by atoms with E-state index in [1.54, 1.807) is 12.1 Å². The number of para-hydroxylation sites is 1.